The minimum Gasteiger partial charge on any atom is -0.382 e. The fraction of sp³-hybridized carbons (Fsp3) is 0.556. The third kappa shape index (κ3) is 9.50. The van der Waals surface area contributed by atoms with Gasteiger partial charge in [-0.25, -0.2) is 0 Å². The summed E-state index contributed by atoms with van der Waals surface area (Å²) in [6.45, 7) is 2.58. The second kappa shape index (κ2) is 9.79. The predicted molar refractivity (Wildman–Crippen MR) is 74.8 cm³/mol. The van der Waals surface area contributed by atoms with Gasteiger partial charge >= 0.3 is 0 Å². The Morgan fingerprint density at radius 2 is 1.68 bits per heavy atom. The maximum Gasteiger partial charge on any atom is 0.211 e. The third-order valence-electron chi connectivity index (χ3n) is 1.72. The zero-order valence-corrected chi connectivity index (χ0v) is 11.0. The molecule has 0 amide bonds. The lowest BCUT2D eigenvalue weighted by Gasteiger charge is -2.11. The number of ether oxygens (including phenoxy) is 2. The highest BCUT2D eigenvalue weighted by Crippen LogP contribution is 1.95. The van der Waals surface area contributed by atoms with Crippen LogP contribution in [-0.2, 0) is 9.47 Å². The zero-order valence-electron chi connectivity index (χ0n) is 11.0. The Hall–Kier alpha value is -2.20. The van der Waals surface area contributed by atoms with Crippen LogP contribution in [0.4, 0.5) is 0 Å². The lowest BCUT2D eigenvalue weighted by Crippen LogP contribution is -2.26. The highest BCUT2D eigenvalue weighted by Gasteiger charge is 2.09. The van der Waals surface area contributed by atoms with Crippen LogP contribution in [0, 0.1) is 0 Å². The van der Waals surface area contributed by atoms with Crippen molar-refractivity contribution in [1.82, 2.24) is 0 Å². The van der Waals surface area contributed by atoms with Crippen LogP contribution in [-0.4, -0.2) is 50.3 Å². The number of guanidine groups is 2. The largest absolute Gasteiger partial charge is 0.382 e. The zero-order chi connectivity index (χ0) is 14.7. The van der Waals surface area contributed by atoms with Gasteiger partial charge in [-0.1, -0.05) is 0 Å². The molecule has 0 radical (unpaired) electrons. The number of nitrogens with two attached hydrogens (primary N) is 4. The molecule has 19 heavy (non-hydrogen) atoms. The molecule has 0 aromatic carbocycles. The van der Waals surface area contributed by atoms with Crippen LogP contribution in [0.2, 0.25) is 0 Å². The molecule has 0 heterocycles. The normalized spacial score (nSPS) is 13.3. The third-order valence-corrected chi connectivity index (χ3v) is 1.72. The summed E-state index contributed by atoms with van der Waals surface area (Å²) in [5.74, 6) is -0.359. The van der Waals surface area contributed by atoms with E-state index in [4.69, 9.17) is 32.4 Å². The summed E-state index contributed by atoms with van der Waals surface area (Å²) in [6.07, 6.45) is 0.889. The Morgan fingerprint density at radius 1 is 1.05 bits per heavy atom. The minimum absolute atomic E-state index is 0.176. The summed E-state index contributed by atoms with van der Waals surface area (Å²) in [5.41, 5.74) is 21.0. The number of hydrogen-bond donors (Lipinski definition) is 4. The van der Waals surface area contributed by atoms with E-state index in [1.807, 2.05) is 0 Å². The van der Waals surface area contributed by atoms with Crippen LogP contribution in [0.25, 0.3) is 0 Å². The van der Waals surface area contributed by atoms with E-state index in [1.54, 1.807) is 14.0 Å². The first-order valence-electron chi connectivity index (χ1n) is 5.36. The van der Waals surface area contributed by atoms with Crippen LogP contribution in [0.5, 0.6) is 0 Å². The molecule has 8 N–H and O–H groups in total. The van der Waals surface area contributed by atoms with Crippen molar-refractivity contribution in [2.24, 2.45) is 43.3 Å². The lowest BCUT2D eigenvalue weighted by atomic mass is 10.2. The molecule has 108 valence electrons. The summed E-state index contributed by atoms with van der Waals surface area (Å²) in [6, 6.07) is 0. The lowest BCUT2D eigenvalue weighted by molar-refractivity contribution is 0.0560. The predicted octanol–water partition coefficient (Wildman–Crippen LogP) is -2.07. The first-order chi connectivity index (χ1) is 8.97. The van der Waals surface area contributed by atoms with Crippen molar-refractivity contribution >= 4 is 23.8 Å². The standard InChI is InChI=1S/C9H20N8O2/c1-6(19-4-3-18-2)7(15-17-9(12)13)5-14-16-8(10)11/h5-6H,3-4H2,1-2H3,(H4,10,11,16)(H4,12,13,17)/b14-5+,15-7+/t6-/m0/s1. The van der Waals surface area contributed by atoms with Crippen molar-refractivity contribution in [2.45, 2.75) is 13.0 Å². The van der Waals surface area contributed by atoms with Gasteiger partial charge in [0, 0.05) is 7.11 Å². The van der Waals surface area contributed by atoms with E-state index < -0.39 is 6.10 Å². The van der Waals surface area contributed by atoms with Gasteiger partial charge in [0.15, 0.2) is 0 Å². The van der Waals surface area contributed by atoms with Gasteiger partial charge in [-0.3, -0.25) is 0 Å². The second-order valence-electron chi connectivity index (χ2n) is 3.32. The summed E-state index contributed by atoms with van der Waals surface area (Å²) >= 11 is 0. The smallest absolute Gasteiger partial charge is 0.211 e. The second-order valence-corrected chi connectivity index (χ2v) is 3.32. The molecule has 1 atom stereocenters. The summed E-state index contributed by atoms with van der Waals surface area (Å²) in [5, 5.41) is 14.4. The Balaban J connectivity index is 4.76. The molecule has 0 aliphatic carbocycles. The maximum absolute atomic E-state index is 5.43. The molecule has 0 saturated carbocycles. The highest BCUT2D eigenvalue weighted by molar-refractivity contribution is 6.32. The molecule has 0 aliphatic rings. The van der Waals surface area contributed by atoms with Gasteiger partial charge in [-0.15, -0.1) is 15.3 Å². The number of hydrogen-bond acceptors (Lipinski definition) is 6. The highest BCUT2D eigenvalue weighted by atomic mass is 16.5. The SMILES string of the molecule is COCCO[C@@H](C)C(/C=N/N=C(N)N)=N/N=C(N)N. The van der Waals surface area contributed by atoms with E-state index in [0.717, 1.165) is 0 Å². The number of methoxy groups -OCH3 is 1. The molecule has 0 unspecified atom stereocenters. The van der Waals surface area contributed by atoms with Gasteiger partial charge in [0.2, 0.25) is 11.9 Å². The fourth-order valence-corrected chi connectivity index (χ4v) is 0.876. The van der Waals surface area contributed by atoms with Crippen molar-refractivity contribution in [2.75, 3.05) is 20.3 Å². The molecule has 0 bridgehead atoms. The average molecular weight is 272 g/mol. The average Bonchev–Trinajstić information content (AvgIpc) is 2.32. The maximum atomic E-state index is 5.43. The van der Waals surface area contributed by atoms with Crippen LogP contribution in [0.1, 0.15) is 6.92 Å². The minimum atomic E-state index is -0.406. The van der Waals surface area contributed by atoms with Gasteiger partial charge in [0.1, 0.15) is 11.8 Å². The summed E-state index contributed by atoms with van der Waals surface area (Å²) in [7, 11) is 1.57. The first-order valence-corrected chi connectivity index (χ1v) is 5.36. The number of nitrogens with zero attached hydrogens (tertiary/aromatic N) is 4. The quantitative estimate of drug-likeness (QED) is 0.171. The molecule has 10 heteroatoms. The monoisotopic (exact) mass is 272 g/mol. The van der Waals surface area contributed by atoms with E-state index in [1.165, 1.54) is 6.21 Å². The van der Waals surface area contributed by atoms with E-state index in [9.17, 15) is 0 Å². The topological polar surface area (TPSA) is 172 Å². The molecule has 0 saturated heterocycles. The molecule has 0 spiro atoms. The Kier molecular flexibility index (Phi) is 8.66. The number of rotatable bonds is 8. The molecular formula is C9H20N8O2. The Bertz CT molecular complexity index is 368. The van der Waals surface area contributed by atoms with Crippen molar-refractivity contribution < 1.29 is 9.47 Å². The van der Waals surface area contributed by atoms with Gasteiger partial charge < -0.3 is 32.4 Å². The molecule has 0 rings (SSSR count). The van der Waals surface area contributed by atoms with Gasteiger partial charge in [0.25, 0.3) is 0 Å². The van der Waals surface area contributed by atoms with Crippen LogP contribution in [0.15, 0.2) is 20.4 Å². The van der Waals surface area contributed by atoms with E-state index in [2.05, 4.69) is 20.4 Å². The molecule has 10 nitrogen and oxygen atoms in total. The summed E-state index contributed by atoms with van der Waals surface area (Å²) in [4.78, 5) is 0. The van der Waals surface area contributed by atoms with E-state index in [-0.39, 0.29) is 11.9 Å². The molecule has 0 aliphatic heterocycles. The molecule has 0 aromatic heterocycles. The Labute approximate surface area is 111 Å². The van der Waals surface area contributed by atoms with Gasteiger partial charge in [-0.2, -0.15) is 5.10 Å². The van der Waals surface area contributed by atoms with Crippen molar-refractivity contribution in [3.63, 3.8) is 0 Å². The van der Waals surface area contributed by atoms with Crippen LogP contribution in [0.3, 0.4) is 0 Å². The molecule has 0 aromatic rings. The van der Waals surface area contributed by atoms with Gasteiger partial charge in [-0.05, 0) is 6.92 Å². The fourth-order valence-electron chi connectivity index (χ4n) is 0.876. The van der Waals surface area contributed by atoms with Crippen LogP contribution < -0.4 is 22.9 Å². The summed E-state index contributed by atoms with van der Waals surface area (Å²) < 4.78 is 10.3. The van der Waals surface area contributed by atoms with Crippen molar-refractivity contribution in [1.29, 1.82) is 0 Å². The molecular weight excluding hydrogens is 252 g/mol. The van der Waals surface area contributed by atoms with E-state index in [0.29, 0.717) is 18.9 Å². The van der Waals surface area contributed by atoms with Crippen molar-refractivity contribution in [3.8, 4) is 0 Å². The Morgan fingerprint density at radius 3 is 2.21 bits per heavy atom. The molecule has 0 fully saturated rings. The van der Waals surface area contributed by atoms with Crippen LogP contribution >= 0.6 is 0 Å². The van der Waals surface area contributed by atoms with Crippen molar-refractivity contribution in [3.05, 3.63) is 0 Å². The first kappa shape index (κ1) is 16.8. The van der Waals surface area contributed by atoms with Gasteiger partial charge in [0.05, 0.1) is 19.4 Å². The van der Waals surface area contributed by atoms with E-state index >= 15 is 0 Å².